The molecule has 1 aromatic heterocycles. The van der Waals surface area contributed by atoms with E-state index in [1.54, 1.807) is 22.5 Å². The topological polar surface area (TPSA) is 73.7 Å². The Morgan fingerprint density at radius 1 is 1.15 bits per heavy atom. The first-order chi connectivity index (χ1) is 13.0. The number of nitrogens with zero attached hydrogens (tertiary/aromatic N) is 3. The standard InChI is InChI=1S/C18H21N3O4S2/c1-20-5-4-19-18(20)26-14-6-12-9-21(10-13(12)7-14)27(22,23)15-2-3-16-17(8-15)25-11-24-16/h2-5,8,12-14H,6-7,9-11H2,1H3/t12-,13+,14+. The van der Waals surface area contributed by atoms with Gasteiger partial charge in [0, 0.05) is 43.8 Å². The van der Waals surface area contributed by atoms with Crippen LogP contribution < -0.4 is 9.47 Å². The van der Waals surface area contributed by atoms with Gasteiger partial charge in [-0.1, -0.05) is 11.8 Å². The Kier molecular flexibility index (Phi) is 4.14. The van der Waals surface area contributed by atoms with Gasteiger partial charge in [0.1, 0.15) is 0 Å². The summed E-state index contributed by atoms with van der Waals surface area (Å²) in [5, 5.41) is 1.54. The Balaban J connectivity index is 1.27. The summed E-state index contributed by atoms with van der Waals surface area (Å²) in [6.45, 7) is 1.33. The molecule has 3 heterocycles. The second kappa shape index (κ2) is 6.42. The molecule has 2 aliphatic heterocycles. The zero-order valence-corrected chi connectivity index (χ0v) is 16.6. The Hall–Kier alpha value is -1.71. The summed E-state index contributed by atoms with van der Waals surface area (Å²) in [5.41, 5.74) is 0. The molecule has 144 valence electrons. The Morgan fingerprint density at radius 2 is 1.89 bits per heavy atom. The zero-order chi connectivity index (χ0) is 18.6. The third-order valence-corrected chi connectivity index (χ3v) is 8.86. The normalized spacial score (nSPS) is 27.2. The minimum absolute atomic E-state index is 0.141. The summed E-state index contributed by atoms with van der Waals surface area (Å²) in [4.78, 5) is 4.68. The van der Waals surface area contributed by atoms with Crippen molar-refractivity contribution in [3.05, 3.63) is 30.6 Å². The van der Waals surface area contributed by atoms with Crippen LogP contribution in [0.1, 0.15) is 12.8 Å². The molecular formula is C18H21N3O4S2. The number of sulfonamides is 1. The fourth-order valence-electron chi connectivity index (χ4n) is 4.29. The van der Waals surface area contributed by atoms with Crippen LogP contribution in [0.15, 0.2) is 40.6 Å². The van der Waals surface area contributed by atoms with Crippen LogP contribution in [0.3, 0.4) is 0 Å². The van der Waals surface area contributed by atoms with E-state index in [4.69, 9.17) is 9.47 Å². The molecule has 2 aromatic rings. The number of hydrogen-bond acceptors (Lipinski definition) is 6. The maximum atomic E-state index is 13.1. The lowest BCUT2D eigenvalue weighted by molar-refractivity contribution is 0.174. The minimum atomic E-state index is -3.50. The number of thioether (sulfide) groups is 1. The summed E-state index contributed by atoms with van der Waals surface area (Å²) < 4.78 is 40.4. The summed E-state index contributed by atoms with van der Waals surface area (Å²) >= 11 is 1.81. The van der Waals surface area contributed by atoms with Crippen molar-refractivity contribution in [3.8, 4) is 11.5 Å². The van der Waals surface area contributed by atoms with Gasteiger partial charge in [-0.15, -0.1) is 0 Å². The number of aromatic nitrogens is 2. The van der Waals surface area contributed by atoms with Gasteiger partial charge < -0.3 is 14.0 Å². The minimum Gasteiger partial charge on any atom is -0.454 e. The smallest absolute Gasteiger partial charge is 0.243 e. The SMILES string of the molecule is Cn1ccnc1S[C@H]1C[C@@H]2CN(S(=O)(=O)c3ccc4c(c3)OCO4)C[C@@H]2C1. The molecule has 0 spiro atoms. The van der Waals surface area contributed by atoms with Crippen molar-refractivity contribution in [2.24, 2.45) is 18.9 Å². The van der Waals surface area contributed by atoms with E-state index in [2.05, 4.69) is 4.98 Å². The second-order valence-electron chi connectivity index (χ2n) is 7.39. The van der Waals surface area contributed by atoms with E-state index in [-0.39, 0.29) is 11.7 Å². The van der Waals surface area contributed by atoms with E-state index in [0.717, 1.165) is 18.0 Å². The van der Waals surface area contributed by atoms with Gasteiger partial charge in [0.05, 0.1) is 4.90 Å². The van der Waals surface area contributed by atoms with Crippen molar-refractivity contribution in [1.29, 1.82) is 0 Å². The lowest BCUT2D eigenvalue weighted by Gasteiger charge is -2.19. The Bertz CT molecular complexity index is 961. The van der Waals surface area contributed by atoms with Gasteiger partial charge in [-0.05, 0) is 36.8 Å². The fourth-order valence-corrected chi connectivity index (χ4v) is 7.20. The van der Waals surface area contributed by atoms with Crippen LogP contribution in [0.4, 0.5) is 0 Å². The van der Waals surface area contributed by atoms with E-state index in [1.165, 1.54) is 0 Å². The highest BCUT2D eigenvalue weighted by atomic mass is 32.2. The average Bonchev–Trinajstić information content (AvgIpc) is 3.39. The van der Waals surface area contributed by atoms with Gasteiger partial charge in [-0.25, -0.2) is 13.4 Å². The largest absolute Gasteiger partial charge is 0.454 e. The molecule has 3 atom stereocenters. The molecule has 0 unspecified atom stereocenters. The maximum absolute atomic E-state index is 13.1. The van der Waals surface area contributed by atoms with Gasteiger partial charge >= 0.3 is 0 Å². The molecule has 0 radical (unpaired) electrons. The monoisotopic (exact) mass is 407 g/mol. The van der Waals surface area contributed by atoms with Crippen LogP contribution >= 0.6 is 11.8 Å². The number of hydrogen-bond donors (Lipinski definition) is 0. The summed E-state index contributed by atoms with van der Waals surface area (Å²) in [6, 6.07) is 4.85. The van der Waals surface area contributed by atoms with E-state index in [9.17, 15) is 8.42 Å². The summed E-state index contributed by atoms with van der Waals surface area (Å²) in [7, 11) is -1.50. The first kappa shape index (κ1) is 17.4. The first-order valence-corrected chi connectivity index (χ1v) is 11.4. The maximum Gasteiger partial charge on any atom is 0.243 e. The number of rotatable bonds is 4. The van der Waals surface area contributed by atoms with E-state index >= 15 is 0 Å². The lowest BCUT2D eigenvalue weighted by Crippen LogP contribution is -2.30. The van der Waals surface area contributed by atoms with Crippen LogP contribution in [0, 0.1) is 11.8 Å². The van der Waals surface area contributed by atoms with E-state index in [0.29, 0.717) is 41.7 Å². The molecule has 0 N–H and O–H groups in total. The van der Waals surface area contributed by atoms with Crippen LogP contribution in [0.5, 0.6) is 11.5 Å². The predicted octanol–water partition coefficient (Wildman–Crippen LogP) is 2.34. The first-order valence-electron chi connectivity index (χ1n) is 9.04. The average molecular weight is 408 g/mol. The van der Waals surface area contributed by atoms with Crippen molar-refractivity contribution in [1.82, 2.24) is 13.9 Å². The van der Waals surface area contributed by atoms with Crippen molar-refractivity contribution in [2.45, 2.75) is 28.1 Å². The molecule has 0 bridgehead atoms. The van der Waals surface area contributed by atoms with E-state index in [1.807, 2.05) is 35.8 Å². The van der Waals surface area contributed by atoms with Crippen LogP contribution in [0.25, 0.3) is 0 Å². The molecule has 7 nitrogen and oxygen atoms in total. The fraction of sp³-hybridized carbons (Fsp3) is 0.500. The Labute approximate surface area is 162 Å². The molecule has 1 aromatic carbocycles. The van der Waals surface area contributed by atoms with Crippen molar-refractivity contribution >= 4 is 21.8 Å². The molecule has 1 saturated carbocycles. The number of aryl methyl sites for hydroxylation is 1. The molecular weight excluding hydrogens is 386 g/mol. The molecule has 1 saturated heterocycles. The van der Waals surface area contributed by atoms with Gasteiger partial charge in [0.15, 0.2) is 16.7 Å². The third-order valence-electron chi connectivity index (χ3n) is 5.71. The molecule has 1 aliphatic carbocycles. The quantitative estimate of drug-likeness (QED) is 0.775. The van der Waals surface area contributed by atoms with Crippen molar-refractivity contribution < 1.29 is 17.9 Å². The molecule has 5 rings (SSSR count). The van der Waals surface area contributed by atoms with Gasteiger partial charge in [-0.3, -0.25) is 0 Å². The second-order valence-corrected chi connectivity index (χ2v) is 10.6. The number of fused-ring (bicyclic) bond motifs is 2. The highest BCUT2D eigenvalue weighted by molar-refractivity contribution is 7.99. The summed E-state index contributed by atoms with van der Waals surface area (Å²) in [5.74, 6) is 1.95. The molecule has 27 heavy (non-hydrogen) atoms. The lowest BCUT2D eigenvalue weighted by atomic mass is 10.0. The molecule has 2 fully saturated rings. The number of benzene rings is 1. The molecule has 3 aliphatic rings. The van der Waals surface area contributed by atoms with Gasteiger partial charge in [0.25, 0.3) is 0 Å². The third kappa shape index (κ3) is 3.01. The zero-order valence-electron chi connectivity index (χ0n) is 14.9. The highest BCUT2D eigenvalue weighted by Gasteiger charge is 2.45. The highest BCUT2D eigenvalue weighted by Crippen LogP contribution is 2.46. The van der Waals surface area contributed by atoms with Crippen molar-refractivity contribution in [2.75, 3.05) is 19.9 Å². The van der Waals surface area contributed by atoms with Gasteiger partial charge in [-0.2, -0.15) is 4.31 Å². The molecule has 9 heteroatoms. The van der Waals surface area contributed by atoms with Gasteiger partial charge in [0.2, 0.25) is 16.8 Å². The predicted molar refractivity (Wildman–Crippen MR) is 100 cm³/mol. The number of imidazole rings is 1. The van der Waals surface area contributed by atoms with E-state index < -0.39 is 10.0 Å². The number of ether oxygens (including phenoxy) is 2. The van der Waals surface area contributed by atoms with Crippen LogP contribution in [0.2, 0.25) is 0 Å². The van der Waals surface area contributed by atoms with Crippen LogP contribution in [-0.2, 0) is 17.1 Å². The van der Waals surface area contributed by atoms with Crippen molar-refractivity contribution in [3.63, 3.8) is 0 Å². The van der Waals surface area contributed by atoms with Crippen LogP contribution in [-0.4, -0.2) is 47.4 Å². The molecule has 0 amide bonds. The summed E-state index contributed by atoms with van der Waals surface area (Å²) in [6.07, 6.45) is 5.85. The Morgan fingerprint density at radius 3 is 2.59 bits per heavy atom.